The van der Waals surface area contributed by atoms with Crippen LogP contribution in [0.4, 0.5) is 0 Å². The number of hydrogen-bond acceptors (Lipinski definition) is 3. The number of rotatable bonds is 2. The van der Waals surface area contributed by atoms with Gasteiger partial charge in [-0.15, -0.1) is 0 Å². The summed E-state index contributed by atoms with van der Waals surface area (Å²) in [5.74, 6) is 0. The number of aromatic nitrogens is 2. The van der Waals surface area contributed by atoms with Crippen molar-refractivity contribution in [2.45, 2.75) is 51.4 Å². The topological polar surface area (TPSA) is 55.9 Å². The van der Waals surface area contributed by atoms with Crippen molar-refractivity contribution in [3.63, 3.8) is 0 Å². The average Bonchev–Trinajstić information content (AvgIpc) is 2.94. The zero-order chi connectivity index (χ0) is 10.3. The summed E-state index contributed by atoms with van der Waals surface area (Å²) in [5, 5.41) is 8.07. The Morgan fingerprint density at radius 2 is 2.13 bits per heavy atom. The number of fused-ring (bicyclic) bond motifs is 1. The summed E-state index contributed by atoms with van der Waals surface area (Å²) >= 11 is 0. The molecule has 1 aromatic rings. The number of nitrogens with one attached hydrogen (secondary N) is 1. The lowest BCUT2D eigenvalue weighted by Gasteiger charge is -2.12. The molecule has 0 atom stereocenters. The minimum atomic E-state index is 0.573. The maximum atomic E-state index is 5.73. The van der Waals surface area contributed by atoms with Crippen LogP contribution in [0.25, 0.3) is 0 Å². The monoisotopic (exact) mass is 206 g/mol. The SMILES string of the molecule is NCc1nn(C2CCCC2)c2c1CNC2. The summed E-state index contributed by atoms with van der Waals surface area (Å²) in [6.07, 6.45) is 5.28. The fourth-order valence-corrected chi connectivity index (χ4v) is 2.87. The Labute approximate surface area is 89.8 Å². The van der Waals surface area contributed by atoms with Crippen molar-refractivity contribution in [2.75, 3.05) is 0 Å². The van der Waals surface area contributed by atoms with Crippen molar-refractivity contribution in [1.82, 2.24) is 15.1 Å². The Bertz CT molecular complexity index is 363. The molecule has 0 saturated heterocycles. The highest BCUT2D eigenvalue weighted by Crippen LogP contribution is 2.32. The third-order valence-corrected chi connectivity index (χ3v) is 3.66. The van der Waals surface area contributed by atoms with Crippen LogP contribution in [0.5, 0.6) is 0 Å². The van der Waals surface area contributed by atoms with Gasteiger partial charge in [-0.05, 0) is 12.8 Å². The molecule has 15 heavy (non-hydrogen) atoms. The Morgan fingerprint density at radius 3 is 2.87 bits per heavy atom. The van der Waals surface area contributed by atoms with Crippen LogP contribution >= 0.6 is 0 Å². The van der Waals surface area contributed by atoms with Crippen molar-refractivity contribution in [2.24, 2.45) is 5.73 Å². The molecular formula is C11H18N4. The molecule has 82 valence electrons. The lowest BCUT2D eigenvalue weighted by atomic mass is 10.2. The molecule has 0 spiro atoms. The molecule has 3 rings (SSSR count). The first-order chi connectivity index (χ1) is 7.40. The van der Waals surface area contributed by atoms with Crippen molar-refractivity contribution >= 4 is 0 Å². The number of hydrogen-bond donors (Lipinski definition) is 2. The van der Waals surface area contributed by atoms with E-state index in [1.54, 1.807) is 0 Å². The maximum Gasteiger partial charge on any atom is 0.0808 e. The molecule has 0 unspecified atom stereocenters. The lowest BCUT2D eigenvalue weighted by molar-refractivity contribution is 0.444. The van der Waals surface area contributed by atoms with E-state index in [1.165, 1.54) is 36.9 Å². The molecule has 1 fully saturated rings. The zero-order valence-electron chi connectivity index (χ0n) is 9.00. The molecule has 0 amide bonds. The summed E-state index contributed by atoms with van der Waals surface area (Å²) in [4.78, 5) is 0. The highest BCUT2D eigenvalue weighted by molar-refractivity contribution is 5.30. The average molecular weight is 206 g/mol. The first kappa shape index (κ1) is 9.36. The van der Waals surface area contributed by atoms with Crippen molar-refractivity contribution < 1.29 is 0 Å². The van der Waals surface area contributed by atoms with Crippen LogP contribution in [0.2, 0.25) is 0 Å². The van der Waals surface area contributed by atoms with E-state index >= 15 is 0 Å². The minimum Gasteiger partial charge on any atom is -0.325 e. The van der Waals surface area contributed by atoms with Crippen LogP contribution in [0, 0.1) is 0 Å². The predicted octanol–water partition coefficient (Wildman–Crippen LogP) is 1.06. The lowest BCUT2D eigenvalue weighted by Crippen LogP contribution is -2.14. The van der Waals surface area contributed by atoms with E-state index in [0.717, 1.165) is 18.8 Å². The standard InChI is InChI=1S/C11H18N4/c12-5-10-9-6-13-7-11(9)15(14-10)8-3-1-2-4-8/h8,13H,1-7,12H2. The zero-order valence-corrected chi connectivity index (χ0v) is 9.00. The maximum absolute atomic E-state index is 5.73. The van der Waals surface area contributed by atoms with E-state index in [1.807, 2.05) is 0 Å². The third kappa shape index (κ3) is 1.40. The van der Waals surface area contributed by atoms with E-state index in [-0.39, 0.29) is 0 Å². The quantitative estimate of drug-likeness (QED) is 0.760. The van der Waals surface area contributed by atoms with Gasteiger partial charge < -0.3 is 11.1 Å². The van der Waals surface area contributed by atoms with Crippen molar-refractivity contribution in [3.8, 4) is 0 Å². The van der Waals surface area contributed by atoms with E-state index < -0.39 is 0 Å². The fraction of sp³-hybridized carbons (Fsp3) is 0.727. The first-order valence-electron chi connectivity index (χ1n) is 5.90. The molecule has 0 bridgehead atoms. The Balaban J connectivity index is 2.00. The van der Waals surface area contributed by atoms with Gasteiger partial charge in [0.1, 0.15) is 0 Å². The van der Waals surface area contributed by atoms with Crippen LogP contribution in [0.1, 0.15) is 48.7 Å². The molecule has 1 aromatic heterocycles. The molecule has 3 N–H and O–H groups in total. The number of nitrogens with two attached hydrogens (primary N) is 1. The molecule has 1 aliphatic heterocycles. The van der Waals surface area contributed by atoms with E-state index in [9.17, 15) is 0 Å². The van der Waals surface area contributed by atoms with Crippen LogP contribution in [0.3, 0.4) is 0 Å². The van der Waals surface area contributed by atoms with Crippen molar-refractivity contribution in [1.29, 1.82) is 0 Å². The van der Waals surface area contributed by atoms with Gasteiger partial charge in [-0.1, -0.05) is 12.8 Å². The normalized spacial score (nSPS) is 21.1. The van der Waals surface area contributed by atoms with Crippen molar-refractivity contribution in [3.05, 3.63) is 17.0 Å². The van der Waals surface area contributed by atoms with Gasteiger partial charge in [-0.25, -0.2) is 0 Å². The smallest absolute Gasteiger partial charge is 0.0808 e. The molecule has 2 heterocycles. The van der Waals surface area contributed by atoms with Crippen LogP contribution in [-0.4, -0.2) is 9.78 Å². The van der Waals surface area contributed by atoms with Crippen LogP contribution in [0.15, 0.2) is 0 Å². The highest BCUT2D eigenvalue weighted by Gasteiger charge is 2.26. The van der Waals surface area contributed by atoms with Gasteiger partial charge in [0, 0.05) is 25.2 Å². The van der Waals surface area contributed by atoms with E-state index in [2.05, 4.69) is 15.1 Å². The summed E-state index contributed by atoms with van der Waals surface area (Å²) in [6.45, 7) is 2.50. The molecule has 0 radical (unpaired) electrons. The summed E-state index contributed by atoms with van der Waals surface area (Å²) in [6, 6.07) is 0.638. The first-order valence-corrected chi connectivity index (χ1v) is 5.90. The fourth-order valence-electron chi connectivity index (χ4n) is 2.87. The second-order valence-corrected chi connectivity index (χ2v) is 4.56. The Hall–Kier alpha value is -0.870. The van der Waals surface area contributed by atoms with Gasteiger partial charge in [-0.2, -0.15) is 5.10 Å². The van der Waals surface area contributed by atoms with Gasteiger partial charge >= 0.3 is 0 Å². The second-order valence-electron chi connectivity index (χ2n) is 4.56. The molecule has 1 aliphatic carbocycles. The van der Waals surface area contributed by atoms with Gasteiger partial charge in [-0.3, -0.25) is 4.68 Å². The third-order valence-electron chi connectivity index (χ3n) is 3.66. The van der Waals surface area contributed by atoms with E-state index in [4.69, 9.17) is 5.73 Å². The van der Waals surface area contributed by atoms with Gasteiger partial charge in [0.25, 0.3) is 0 Å². The molecule has 4 heteroatoms. The highest BCUT2D eigenvalue weighted by atomic mass is 15.3. The summed E-state index contributed by atoms with van der Waals surface area (Å²) in [7, 11) is 0. The second kappa shape index (κ2) is 3.61. The Morgan fingerprint density at radius 1 is 1.33 bits per heavy atom. The summed E-state index contributed by atoms with van der Waals surface area (Å²) in [5.41, 5.74) is 9.59. The molecule has 4 nitrogen and oxygen atoms in total. The Kier molecular flexibility index (Phi) is 2.25. The van der Waals surface area contributed by atoms with Crippen LogP contribution < -0.4 is 11.1 Å². The van der Waals surface area contributed by atoms with Gasteiger partial charge in [0.05, 0.1) is 17.4 Å². The molecule has 2 aliphatic rings. The van der Waals surface area contributed by atoms with Gasteiger partial charge in [0.15, 0.2) is 0 Å². The van der Waals surface area contributed by atoms with Gasteiger partial charge in [0.2, 0.25) is 0 Å². The molecule has 1 saturated carbocycles. The summed E-state index contributed by atoms with van der Waals surface area (Å²) < 4.78 is 2.25. The molecule has 0 aromatic carbocycles. The molecular weight excluding hydrogens is 188 g/mol. The van der Waals surface area contributed by atoms with E-state index in [0.29, 0.717) is 12.6 Å². The van der Waals surface area contributed by atoms with Crippen LogP contribution in [-0.2, 0) is 19.6 Å². The minimum absolute atomic E-state index is 0.573. The number of nitrogens with zero attached hydrogens (tertiary/aromatic N) is 2. The predicted molar refractivity (Wildman–Crippen MR) is 58.2 cm³/mol. The largest absolute Gasteiger partial charge is 0.325 e.